The van der Waals surface area contributed by atoms with Crippen LogP contribution in [0.15, 0.2) is 30.3 Å². The van der Waals surface area contributed by atoms with Gasteiger partial charge >= 0.3 is 7.60 Å². The predicted octanol–water partition coefficient (Wildman–Crippen LogP) is 5.44. The number of hydrogen-bond acceptors (Lipinski definition) is 4. The molecule has 0 bridgehead atoms. The molecule has 1 aromatic rings. The van der Waals surface area contributed by atoms with Crippen LogP contribution in [0.4, 0.5) is 5.69 Å². The minimum absolute atomic E-state index is 0.410. The van der Waals surface area contributed by atoms with Crippen molar-refractivity contribution in [2.24, 2.45) is 0 Å². The minimum Gasteiger partial charge on any atom is -0.355 e. The van der Waals surface area contributed by atoms with E-state index in [2.05, 4.69) is 24.0 Å². The number of rotatable bonds is 9. The summed E-state index contributed by atoms with van der Waals surface area (Å²) in [7, 11) is -3.22. The topological polar surface area (TPSA) is 38.8 Å². The Labute approximate surface area is 140 Å². The van der Waals surface area contributed by atoms with Crippen LogP contribution in [-0.4, -0.2) is 25.0 Å². The summed E-state index contributed by atoms with van der Waals surface area (Å²) in [4.78, 5) is 2.29. The van der Waals surface area contributed by atoms with Gasteiger partial charge in [0, 0.05) is 12.2 Å². The first-order chi connectivity index (χ1) is 11.1. The third-order valence-corrected chi connectivity index (χ3v) is 7.47. The smallest absolute Gasteiger partial charge is 0.355 e. The molecule has 0 aliphatic carbocycles. The summed E-state index contributed by atoms with van der Waals surface area (Å²) >= 11 is 0. The average molecular weight is 339 g/mol. The fourth-order valence-electron chi connectivity index (χ4n) is 3.60. The second-order valence-electron chi connectivity index (χ2n) is 6.01. The molecule has 1 saturated heterocycles. The molecule has 0 saturated carbocycles. The van der Waals surface area contributed by atoms with E-state index in [0.717, 1.165) is 44.3 Å². The van der Waals surface area contributed by atoms with E-state index in [4.69, 9.17) is 9.05 Å². The van der Waals surface area contributed by atoms with E-state index in [-0.39, 0.29) is 0 Å². The van der Waals surface area contributed by atoms with Gasteiger partial charge in [-0.1, -0.05) is 38.0 Å². The number of anilines is 1. The molecule has 0 aromatic heterocycles. The Balaban J connectivity index is 2.46. The van der Waals surface area contributed by atoms with E-state index in [9.17, 15) is 4.57 Å². The molecule has 4 nitrogen and oxygen atoms in total. The highest BCUT2D eigenvalue weighted by Gasteiger charge is 2.56. The first-order valence-corrected chi connectivity index (χ1v) is 10.4. The normalized spacial score (nSPS) is 21.8. The highest BCUT2D eigenvalue weighted by atomic mass is 31.2. The minimum atomic E-state index is -3.22. The van der Waals surface area contributed by atoms with Crippen molar-refractivity contribution in [1.82, 2.24) is 0 Å². The van der Waals surface area contributed by atoms with Crippen LogP contribution in [0, 0.1) is 0 Å². The highest BCUT2D eigenvalue weighted by molar-refractivity contribution is 7.55. The van der Waals surface area contributed by atoms with E-state index in [0.29, 0.717) is 13.2 Å². The van der Waals surface area contributed by atoms with E-state index in [1.54, 1.807) is 0 Å². The molecule has 1 atom stereocenters. The fraction of sp³-hybridized carbons (Fsp3) is 0.667. The lowest BCUT2D eigenvalue weighted by atomic mass is 10.1. The van der Waals surface area contributed by atoms with Crippen LogP contribution in [0.25, 0.3) is 0 Å². The largest absolute Gasteiger partial charge is 0.355 e. The zero-order valence-corrected chi connectivity index (χ0v) is 15.6. The molecule has 5 heteroatoms. The Kier molecular flexibility index (Phi) is 6.70. The van der Waals surface area contributed by atoms with Gasteiger partial charge in [-0.05, 0) is 45.2 Å². The number of para-hydroxylation sites is 1. The van der Waals surface area contributed by atoms with Crippen molar-refractivity contribution in [1.29, 1.82) is 0 Å². The monoisotopic (exact) mass is 339 g/mol. The zero-order chi connectivity index (χ0) is 16.8. The Morgan fingerprint density at radius 1 is 1.13 bits per heavy atom. The maximum Gasteiger partial charge on any atom is 0.355 e. The van der Waals surface area contributed by atoms with Crippen molar-refractivity contribution in [2.45, 2.75) is 58.2 Å². The molecule has 1 aromatic carbocycles. The second kappa shape index (κ2) is 8.32. The highest BCUT2D eigenvalue weighted by Crippen LogP contribution is 2.67. The molecule has 1 aliphatic heterocycles. The number of nitrogens with zero attached hydrogens (tertiary/aromatic N) is 1. The lowest BCUT2D eigenvalue weighted by Crippen LogP contribution is -2.45. The SMILES string of the molecule is CCCCC1(P(=O)(OCC)OCC)CCCN1c1ccccc1. The third kappa shape index (κ3) is 3.65. The Morgan fingerprint density at radius 2 is 1.78 bits per heavy atom. The van der Waals surface area contributed by atoms with Gasteiger partial charge in [0.05, 0.1) is 13.2 Å². The van der Waals surface area contributed by atoms with Gasteiger partial charge in [0.2, 0.25) is 0 Å². The molecule has 0 amide bonds. The van der Waals surface area contributed by atoms with Crippen molar-refractivity contribution < 1.29 is 13.6 Å². The van der Waals surface area contributed by atoms with Gasteiger partial charge in [-0.15, -0.1) is 0 Å². The first kappa shape index (κ1) is 18.5. The van der Waals surface area contributed by atoms with Crippen molar-refractivity contribution >= 4 is 13.3 Å². The van der Waals surface area contributed by atoms with Crippen LogP contribution in [0.2, 0.25) is 0 Å². The number of hydrogen-bond donors (Lipinski definition) is 0. The quantitative estimate of drug-likeness (QED) is 0.562. The molecule has 0 radical (unpaired) electrons. The van der Waals surface area contributed by atoms with Gasteiger partial charge in [0.15, 0.2) is 0 Å². The molecule has 1 aliphatic rings. The van der Waals surface area contributed by atoms with E-state index >= 15 is 0 Å². The van der Waals surface area contributed by atoms with Gasteiger partial charge in [-0.2, -0.15) is 0 Å². The lowest BCUT2D eigenvalue weighted by molar-refractivity contribution is 0.192. The summed E-state index contributed by atoms with van der Waals surface area (Å²) in [6.07, 6.45) is 4.81. The van der Waals surface area contributed by atoms with E-state index in [1.807, 2.05) is 32.0 Å². The summed E-state index contributed by atoms with van der Waals surface area (Å²) in [5.74, 6) is 0. The van der Waals surface area contributed by atoms with Crippen molar-refractivity contribution in [2.75, 3.05) is 24.7 Å². The molecule has 0 N–H and O–H groups in total. The molecule has 1 unspecified atom stereocenters. The predicted molar refractivity (Wildman–Crippen MR) is 96.1 cm³/mol. The summed E-state index contributed by atoms with van der Waals surface area (Å²) in [5, 5.41) is -0.531. The van der Waals surface area contributed by atoms with E-state index in [1.165, 1.54) is 0 Å². The summed E-state index contributed by atoms with van der Waals surface area (Å²) in [6.45, 7) is 7.67. The Morgan fingerprint density at radius 3 is 2.35 bits per heavy atom. The summed E-state index contributed by atoms with van der Waals surface area (Å²) in [6, 6.07) is 10.3. The number of benzene rings is 1. The van der Waals surface area contributed by atoms with Gasteiger partial charge < -0.3 is 13.9 Å². The third-order valence-electron chi connectivity index (χ3n) is 4.57. The Hall–Kier alpha value is -0.830. The maximum atomic E-state index is 13.7. The maximum absolute atomic E-state index is 13.7. The van der Waals surface area contributed by atoms with Crippen LogP contribution in [0.3, 0.4) is 0 Å². The average Bonchev–Trinajstić information content (AvgIpc) is 3.00. The standard InChI is InChI=1S/C18H30NO3P/c1-4-7-14-18(23(20,21-5-2)22-6-3)15-11-16-19(18)17-12-9-8-10-13-17/h8-10,12-13H,4-7,11,14-16H2,1-3H3. The first-order valence-electron chi connectivity index (χ1n) is 8.85. The van der Waals surface area contributed by atoms with Crippen molar-refractivity contribution in [3.8, 4) is 0 Å². The van der Waals surface area contributed by atoms with Gasteiger partial charge in [0.1, 0.15) is 5.28 Å². The van der Waals surface area contributed by atoms with Crippen LogP contribution < -0.4 is 4.90 Å². The zero-order valence-electron chi connectivity index (χ0n) is 14.7. The van der Waals surface area contributed by atoms with Crippen molar-refractivity contribution in [3.05, 3.63) is 30.3 Å². The van der Waals surface area contributed by atoms with Crippen LogP contribution in [-0.2, 0) is 13.6 Å². The molecule has 130 valence electrons. The molecular weight excluding hydrogens is 309 g/mol. The number of unbranched alkanes of at least 4 members (excludes halogenated alkanes) is 1. The molecule has 1 heterocycles. The van der Waals surface area contributed by atoms with Gasteiger partial charge in [0.25, 0.3) is 0 Å². The van der Waals surface area contributed by atoms with Gasteiger partial charge in [-0.25, -0.2) is 0 Å². The lowest BCUT2D eigenvalue weighted by Gasteiger charge is -2.43. The summed E-state index contributed by atoms with van der Waals surface area (Å²) in [5.41, 5.74) is 1.11. The molecule has 0 spiro atoms. The van der Waals surface area contributed by atoms with Crippen molar-refractivity contribution in [3.63, 3.8) is 0 Å². The second-order valence-corrected chi connectivity index (χ2v) is 8.35. The van der Waals surface area contributed by atoms with Crippen LogP contribution in [0.5, 0.6) is 0 Å². The molecule has 1 fully saturated rings. The fourth-order valence-corrected chi connectivity index (χ4v) is 6.21. The molecular formula is C18H30NO3P. The van der Waals surface area contributed by atoms with Crippen LogP contribution >= 0.6 is 7.60 Å². The Bertz CT molecular complexity index is 512. The molecule has 23 heavy (non-hydrogen) atoms. The molecule has 2 rings (SSSR count). The summed E-state index contributed by atoms with van der Waals surface area (Å²) < 4.78 is 25.3. The van der Waals surface area contributed by atoms with E-state index < -0.39 is 12.9 Å². The van der Waals surface area contributed by atoms with Gasteiger partial charge in [-0.3, -0.25) is 4.57 Å². The van der Waals surface area contributed by atoms with Crippen LogP contribution in [0.1, 0.15) is 52.9 Å².